The molecule has 4 heteroatoms. The number of nitrogens with zero attached hydrogens (tertiary/aromatic N) is 2. The van der Waals surface area contributed by atoms with Gasteiger partial charge in [0.25, 0.3) is 0 Å². The summed E-state index contributed by atoms with van der Waals surface area (Å²) in [6.45, 7) is 4.36. The van der Waals surface area contributed by atoms with Gasteiger partial charge in [0.05, 0.1) is 5.41 Å². The Morgan fingerprint density at radius 1 is 1.25 bits per heavy atom. The van der Waals surface area contributed by atoms with Gasteiger partial charge in [-0.3, -0.25) is 0 Å². The molecule has 1 N–H and O–H groups in total. The van der Waals surface area contributed by atoms with E-state index in [1.54, 1.807) is 0 Å². The molecule has 1 aliphatic carbocycles. The summed E-state index contributed by atoms with van der Waals surface area (Å²) >= 11 is 0. The van der Waals surface area contributed by atoms with Crippen LogP contribution >= 0.6 is 0 Å². The average molecular weight is 277 g/mol. The number of nitrogens with one attached hydrogen (secondary N) is 1. The molecule has 2 fully saturated rings. The van der Waals surface area contributed by atoms with E-state index >= 15 is 0 Å². The Hall–Kier alpha value is -0.900. The summed E-state index contributed by atoms with van der Waals surface area (Å²) in [5.74, 6) is 2.41. The summed E-state index contributed by atoms with van der Waals surface area (Å²) in [5, 5.41) is 7.85. The second-order valence-corrected chi connectivity index (χ2v) is 6.60. The van der Waals surface area contributed by atoms with Crippen LogP contribution in [0, 0.1) is 0 Å². The highest BCUT2D eigenvalue weighted by Crippen LogP contribution is 2.37. The van der Waals surface area contributed by atoms with Gasteiger partial charge < -0.3 is 9.84 Å². The fraction of sp³-hybridized carbons (Fsp3) is 0.875. The molecule has 2 heterocycles. The normalized spacial score (nSPS) is 28.6. The third kappa shape index (κ3) is 2.76. The minimum absolute atomic E-state index is 0.0902. The Bertz CT molecular complexity index is 412. The minimum atomic E-state index is 0.0902. The average Bonchev–Trinajstić information content (AvgIpc) is 3.00. The van der Waals surface area contributed by atoms with Gasteiger partial charge in [0.2, 0.25) is 5.89 Å². The maximum Gasteiger partial charge on any atom is 0.234 e. The summed E-state index contributed by atoms with van der Waals surface area (Å²) in [6, 6.07) is 0. The van der Waals surface area contributed by atoms with Crippen LogP contribution in [-0.2, 0) is 5.41 Å². The molecule has 112 valence electrons. The van der Waals surface area contributed by atoms with E-state index in [4.69, 9.17) is 9.51 Å². The van der Waals surface area contributed by atoms with Crippen LogP contribution in [0.3, 0.4) is 0 Å². The van der Waals surface area contributed by atoms with Gasteiger partial charge in [-0.05, 0) is 38.6 Å². The Morgan fingerprint density at radius 3 is 2.80 bits per heavy atom. The van der Waals surface area contributed by atoms with Gasteiger partial charge in [0.15, 0.2) is 5.82 Å². The first-order chi connectivity index (χ1) is 9.84. The van der Waals surface area contributed by atoms with Crippen molar-refractivity contribution >= 4 is 0 Å². The Kier molecular flexibility index (Phi) is 4.39. The predicted octanol–water partition coefficient (Wildman–Crippen LogP) is 3.54. The quantitative estimate of drug-likeness (QED) is 0.914. The summed E-state index contributed by atoms with van der Waals surface area (Å²) < 4.78 is 5.71. The molecule has 1 unspecified atom stereocenters. The molecule has 4 nitrogen and oxygen atoms in total. The van der Waals surface area contributed by atoms with Crippen LogP contribution < -0.4 is 5.32 Å². The first kappa shape index (κ1) is 14.1. The molecule has 3 rings (SSSR count). The van der Waals surface area contributed by atoms with Gasteiger partial charge in [0, 0.05) is 12.5 Å². The van der Waals surface area contributed by atoms with E-state index in [1.807, 2.05) is 0 Å². The van der Waals surface area contributed by atoms with Crippen molar-refractivity contribution in [2.24, 2.45) is 0 Å². The third-order valence-corrected chi connectivity index (χ3v) is 5.07. The zero-order valence-corrected chi connectivity index (χ0v) is 12.7. The monoisotopic (exact) mass is 277 g/mol. The maximum atomic E-state index is 5.71. The van der Waals surface area contributed by atoms with Crippen LogP contribution in [0.1, 0.15) is 82.3 Å². The van der Waals surface area contributed by atoms with Crippen LogP contribution in [0.2, 0.25) is 0 Å². The molecular weight excluding hydrogens is 250 g/mol. The molecule has 2 aliphatic rings. The van der Waals surface area contributed by atoms with Gasteiger partial charge in [-0.1, -0.05) is 37.8 Å². The Balaban J connectivity index is 1.79. The Labute approximate surface area is 121 Å². The molecular formula is C16H27N3O. The number of hydrogen-bond acceptors (Lipinski definition) is 4. The van der Waals surface area contributed by atoms with Crippen LogP contribution in [0.5, 0.6) is 0 Å². The predicted molar refractivity (Wildman–Crippen MR) is 78.8 cm³/mol. The van der Waals surface area contributed by atoms with Crippen molar-refractivity contribution in [1.29, 1.82) is 0 Å². The van der Waals surface area contributed by atoms with Crippen molar-refractivity contribution in [3.8, 4) is 0 Å². The van der Waals surface area contributed by atoms with Crippen LogP contribution in [0.15, 0.2) is 4.52 Å². The van der Waals surface area contributed by atoms with Gasteiger partial charge >= 0.3 is 0 Å². The second-order valence-electron chi connectivity index (χ2n) is 6.60. The van der Waals surface area contributed by atoms with E-state index in [-0.39, 0.29) is 5.41 Å². The van der Waals surface area contributed by atoms with Gasteiger partial charge in [-0.25, -0.2) is 0 Å². The maximum absolute atomic E-state index is 5.71. The lowest BCUT2D eigenvalue weighted by Crippen LogP contribution is -2.43. The Morgan fingerprint density at radius 2 is 2.10 bits per heavy atom. The molecule has 0 radical (unpaired) electrons. The number of rotatable bonds is 4. The van der Waals surface area contributed by atoms with E-state index in [0.717, 1.165) is 31.2 Å². The molecule has 1 aromatic heterocycles. The number of aromatic nitrogens is 2. The van der Waals surface area contributed by atoms with Gasteiger partial charge in [0.1, 0.15) is 0 Å². The molecule has 0 aromatic carbocycles. The lowest BCUT2D eigenvalue weighted by atomic mass is 9.77. The highest BCUT2D eigenvalue weighted by atomic mass is 16.5. The molecule has 1 saturated carbocycles. The summed E-state index contributed by atoms with van der Waals surface area (Å²) in [4.78, 5) is 4.83. The highest BCUT2D eigenvalue weighted by Gasteiger charge is 2.39. The van der Waals surface area contributed by atoms with Crippen molar-refractivity contribution in [2.75, 3.05) is 13.1 Å². The van der Waals surface area contributed by atoms with Crippen LogP contribution in [-0.4, -0.2) is 23.2 Å². The lowest BCUT2D eigenvalue weighted by Gasteiger charge is -2.34. The van der Waals surface area contributed by atoms with E-state index < -0.39 is 0 Å². The van der Waals surface area contributed by atoms with Crippen molar-refractivity contribution in [1.82, 2.24) is 15.5 Å². The van der Waals surface area contributed by atoms with E-state index in [9.17, 15) is 0 Å². The molecule has 0 amide bonds. The molecule has 0 spiro atoms. The topological polar surface area (TPSA) is 51.0 Å². The largest absolute Gasteiger partial charge is 0.339 e. The van der Waals surface area contributed by atoms with Crippen molar-refractivity contribution in [3.63, 3.8) is 0 Å². The third-order valence-electron chi connectivity index (χ3n) is 5.07. The summed E-state index contributed by atoms with van der Waals surface area (Å²) in [5.41, 5.74) is 0.0902. The zero-order valence-electron chi connectivity index (χ0n) is 12.7. The second kappa shape index (κ2) is 6.25. The summed E-state index contributed by atoms with van der Waals surface area (Å²) in [7, 11) is 0. The number of piperidine rings is 1. The standard InChI is InChI=1S/C16H27N3O/c1-2-9-16(10-6-11-17-12-16)15-18-14(19-20-15)13-7-4-3-5-8-13/h13,17H,2-12H2,1H3. The molecule has 1 atom stereocenters. The van der Waals surface area contributed by atoms with Crippen molar-refractivity contribution < 1.29 is 4.52 Å². The molecule has 1 aromatic rings. The molecule has 0 bridgehead atoms. The first-order valence-corrected chi connectivity index (χ1v) is 8.39. The highest BCUT2D eigenvalue weighted by molar-refractivity contribution is 5.10. The lowest BCUT2D eigenvalue weighted by molar-refractivity contribution is 0.212. The van der Waals surface area contributed by atoms with E-state index in [1.165, 1.54) is 51.4 Å². The molecule has 1 saturated heterocycles. The van der Waals surface area contributed by atoms with Crippen LogP contribution in [0.4, 0.5) is 0 Å². The fourth-order valence-corrected chi connectivity index (χ4v) is 3.93. The van der Waals surface area contributed by atoms with E-state index in [0.29, 0.717) is 5.92 Å². The van der Waals surface area contributed by atoms with Crippen molar-refractivity contribution in [3.05, 3.63) is 11.7 Å². The fourth-order valence-electron chi connectivity index (χ4n) is 3.93. The first-order valence-electron chi connectivity index (χ1n) is 8.39. The smallest absolute Gasteiger partial charge is 0.234 e. The SMILES string of the molecule is CCCC1(c2nc(C3CCCCC3)no2)CCCNC1. The van der Waals surface area contributed by atoms with Gasteiger partial charge in [-0.2, -0.15) is 4.98 Å². The van der Waals surface area contributed by atoms with Crippen LogP contribution in [0.25, 0.3) is 0 Å². The van der Waals surface area contributed by atoms with E-state index in [2.05, 4.69) is 17.4 Å². The van der Waals surface area contributed by atoms with Crippen molar-refractivity contribution in [2.45, 2.75) is 76.0 Å². The van der Waals surface area contributed by atoms with Gasteiger partial charge in [-0.15, -0.1) is 0 Å². The number of hydrogen-bond donors (Lipinski definition) is 1. The zero-order chi connectivity index (χ0) is 13.8. The minimum Gasteiger partial charge on any atom is -0.339 e. The summed E-state index contributed by atoms with van der Waals surface area (Å²) in [6.07, 6.45) is 11.2. The molecule has 20 heavy (non-hydrogen) atoms. The molecule has 1 aliphatic heterocycles.